The lowest BCUT2D eigenvalue weighted by atomic mass is 9.39. The summed E-state index contributed by atoms with van der Waals surface area (Å²) in [5, 5.41) is 42.7. The maximum atomic E-state index is 12.1. The van der Waals surface area contributed by atoms with Crippen LogP contribution in [0, 0.1) is 28.1 Å². The fourth-order valence-corrected chi connectivity index (χ4v) is 7.95. The molecule has 5 nitrogen and oxygen atoms in total. The van der Waals surface area contributed by atoms with Crippen molar-refractivity contribution in [3.8, 4) is 0 Å². The molecule has 4 aliphatic carbocycles. The minimum atomic E-state index is -1.08. The van der Waals surface area contributed by atoms with Crippen LogP contribution in [0.15, 0.2) is 0 Å². The third kappa shape index (κ3) is 1.87. The molecule has 0 aliphatic heterocycles. The summed E-state index contributed by atoms with van der Waals surface area (Å²) in [7, 11) is 0. The molecule has 0 aromatic heterocycles. The molecule has 7 unspecified atom stereocenters. The quantitative estimate of drug-likeness (QED) is 0.611. The average molecular weight is 352 g/mol. The van der Waals surface area contributed by atoms with Gasteiger partial charge in [-0.1, -0.05) is 13.3 Å². The van der Waals surface area contributed by atoms with Crippen molar-refractivity contribution in [3.05, 3.63) is 0 Å². The van der Waals surface area contributed by atoms with Gasteiger partial charge in [0.15, 0.2) is 0 Å². The standard InChI is InChI=1S/C20H32O5/c1-16(15(22)23)6-3-7-17(2)14(16)5-8-18-10-13(4-9-20(17,18)25)19(24,11-18)12-21/h13-14,21,24-25H,3-12H2,1-2H3,(H,22,23). The van der Waals surface area contributed by atoms with E-state index in [1.807, 2.05) is 6.92 Å². The maximum absolute atomic E-state index is 12.1. The number of aliphatic hydroxyl groups excluding tert-OH is 1. The van der Waals surface area contributed by atoms with Crippen LogP contribution in [0.1, 0.15) is 71.6 Å². The van der Waals surface area contributed by atoms with Crippen LogP contribution in [0.25, 0.3) is 0 Å². The van der Waals surface area contributed by atoms with E-state index in [2.05, 4.69) is 6.92 Å². The highest BCUT2D eigenvalue weighted by Crippen LogP contribution is 2.74. The molecule has 0 amide bonds. The summed E-state index contributed by atoms with van der Waals surface area (Å²) in [6.45, 7) is 3.72. The molecule has 4 aliphatic rings. The van der Waals surface area contributed by atoms with Crippen LogP contribution >= 0.6 is 0 Å². The van der Waals surface area contributed by atoms with Crippen molar-refractivity contribution in [2.24, 2.45) is 28.1 Å². The van der Waals surface area contributed by atoms with Crippen molar-refractivity contribution in [1.29, 1.82) is 0 Å². The number of carbonyl (C=O) groups is 1. The number of hydrogen-bond donors (Lipinski definition) is 4. The smallest absolute Gasteiger partial charge is 0.309 e. The molecule has 4 rings (SSSR count). The number of aliphatic carboxylic acids is 1. The SMILES string of the molecule is CC1(C(=O)O)CCCC2(C)C1CCC13CC(CCC12O)C(O)(CO)C3. The Morgan fingerprint density at radius 1 is 1.08 bits per heavy atom. The summed E-state index contributed by atoms with van der Waals surface area (Å²) in [5.74, 6) is -0.733. The van der Waals surface area contributed by atoms with Crippen molar-refractivity contribution in [2.45, 2.75) is 82.8 Å². The summed E-state index contributed by atoms with van der Waals surface area (Å²) >= 11 is 0. The molecule has 0 heterocycles. The molecule has 25 heavy (non-hydrogen) atoms. The second kappa shape index (κ2) is 4.99. The van der Waals surface area contributed by atoms with E-state index in [1.165, 1.54) is 0 Å². The molecule has 142 valence electrons. The fourth-order valence-electron chi connectivity index (χ4n) is 7.95. The third-order valence-corrected chi connectivity index (χ3v) is 9.32. The fraction of sp³-hybridized carbons (Fsp3) is 0.950. The highest BCUT2D eigenvalue weighted by atomic mass is 16.4. The summed E-state index contributed by atoms with van der Waals surface area (Å²) in [6.07, 6.45) is 6.42. The highest BCUT2D eigenvalue weighted by Gasteiger charge is 2.74. The van der Waals surface area contributed by atoms with Gasteiger partial charge in [0.25, 0.3) is 0 Å². The Morgan fingerprint density at radius 3 is 2.44 bits per heavy atom. The zero-order valence-electron chi connectivity index (χ0n) is 15.4. The van der Waals surface area contributed by atoms with E-state index >= 15 is 0 Å². The first-order valence-electron chi connectivity index (χ1n) is 9.86. The molecule has 0 radical (unpaired) electrons. The van der Waals surface area contributed by atoms with E-state index in [4.69, 9.17) is 0 Å². The molecule has 0 aromatic carbocycles. The molecule has 4 saturated carbocycles. The molecule has 7 atom stereocenters. The van der Waals surface area contributed by atoms with Crippen LogP contribution in [-0.2, 0) is 4.79 Å². The number of carboxylic acid groups (broad SMARTS) is 1. The van der Waals surface area contributed by atoms with E-state index in [9.17, 15) is 25.2 Å². The molecular weight excluding hydrogens is 320 g/mol. The summed E-state index contributed by atoms with van der Waals surface area (Å²) in [4.78, 5) is 12.1. The second-order valence-electron chi connectivity index (χ2n) is 10.1. The van der Waals surface area contributed by atoms with Crippen LogP contribution < -0.4 is 0 Å². The Labute approximate surface area is 149 Å². The summed E-state index contributed by atoms with van der Waals surface area (Å²) in [6, 6.07) is 0. The Bertz CT molecular complexity index is 607. The zero-order valence-corrected chi connectivity index (χ0v) is 15.4. The van der Waals surface area contributed by atoms with E-state index in [0.717, 1.165) is 32.1 Å². The predicted molar refractivity (Wildman–Crippen MR) is 91.8 cm³/mol. The Morgan fingerprint density at radius 2 is 1.80 bits per heavy atom. The molecular formula is C20H32O5. The van der Waals surface area contributed by atoms with Crippen LogP contribution in [0.3, 0.4) is 0 Å². The predicted octanol–water partition coefficient (Wildman–Crippen LogP) is 2.32. The molecule has 1 spiro atoms. The van der Waals surface area contributed by atoms with Gasteiger partial charge in [-0.05, 0) is 70.1 Å². The van der Waals surface area contributed by atoms with Gasteiger partial charge in [-0.2, -0.15) is 0 Å². The first kappa shape index (κ1) is 17.7. The van der Waals surface area contributed by atoms with Gasteiger partial charge >= 0.3 is 5.97 Å². The van der Waals surface area contributed by atoms with Crippen molar-refractivity contribution >= 4 is 5.97 Å². The van der Waals surface area contributed by atoms with Gasteiger partial charge in [0.2, 0.25) is 0 Å². The largest absolute Gasteiger partial charge is 0.481 e. The van der Waals surface area contributed by atoms with Crippen molar-refractivity contribution in [2.75, 3.05) is 6.61 Å². The van der Waals surface area contributed by atoms with Crippen molar-refractivity contribution in [1.82, 2.24) is 0 Å². The molecule has 0 saturated heterocycles. The second-order valence-corrected chi connectivity index (χ2v) is 10.1. The molecule has 2 bridgehead atoms. The van der Waals surface area contributed by atoms with Crippen LogP contribution in [0.4, 0.5) is 0 Å². The Balaban J connectivity index is 1.80. The lowest BCUT2D eigenvalue weighted by molar-refractivity contribution is -0.262. The minimum absolute atomic E-state index is 0.0405. The van der Waals surface area contributed by atoms with Crippen LogP contribution in [0.5, 0.6) is 0 Å². The molecule has 5 heteroatoms. The first-order chi connectivity index (χ1) is 11.6. The number of aliphatic hydroxyl groups is 3. The number of hydrogen-bond acceptors (Lipinski definition) is 4. The van der Waals surface area contributed by atoms with Gasteiger partial charge in [-0.3, -0.25) is 4.79 Å². The van der Waals surface area contributed by atoms with Gasteiger partial charge in [-0.25, -0.2) is 0 Å². The van der Waals surface area contributed by atoms with E-state index < -0.39 is 28.0 Å². The number of rotatable bonds is 2. The molecule has 0 aromatic rings. The lowest BCUT2D eigenvalue weighted by Crippen LogP contribution is -2.68. The van der Waals surface area contributed by atoms with E-state index in [1.54, 1.807) is 0 Å². The van der Waals surface area contributed by atoms with Crippen LogP contribution in [0.2, 0.25) is 0 Å². The van der Waals surface area contributed by atoms with Gasteiger partial charge in [-0.15, -0.1) is 0 Å². The molecule has 4 fully saturated rings. The summed E-state index contributed by atoms with van der Waals surface area (Å²) < 4.78 is 0. The van der Waals surface area contributed by atoms with E-state index in [0.29, 0.717) is 25.7 Å². The number of fused-ring (bicyclic) bond motifs is 3. The zero-order chi connectivity index (χ0) is 18.3. The molecule has 4 N–H and O–H groups in total. The maximum Gasteiger partial charge on any atom is 0.309 e. The Hall–Kier alpha value is -0.650. The average Bonchev–Trinajstić information content (AvgIpc) is 2.80. The Kier molecular flexibility index (Phi) is 3.54. The van der Waals surface area contributed by atoms with Gasteiger partial charge in [0.1, 0.15) is 0 Å². The topological polar surface area (TPSA) is 98.0 Å². The summed E-state index contributed by atoms with van der Waals surface area (Å²) in [5.41, 5.74) is -3.64. The lowest BCUT2D eigenvalue weighted by Gasteiger charge is -2.67. The number of carboxylic acids is 1. The minimum Gasteiger partial charge on any atom is -0.481 e. The van der Waals surface area contributed by atoms with Crippen molar-refractivity contribution in [3.63, 3.8) is 0 Å². The van der Waals surface area contributed by atoms with Gasteiger partial charge in [0, 0.05) is 10.8 Å². The normalized spacial score (nSPS) is 57.6. The van der Waals surface area contributed by atoms with Crippen molar-refractivity contribution < 1.29 is 25.2 Å². The monoisotopic (exact) mass is 352 g/mol. The van der Waals surface area contributed by atoms with Gasteiger partial charge < -0.3 is 20.4 Å². The highest BCUT2D eigenvalue weighted by molar-refractivity contribution is 5.75. The third-order valence-electron chi connectivity index (χ3n) is 9.32. The van der Waals surface area contributed by atoms with Gasteiger partial charge in [0.05, 0.1) is 23.2 Å². The van der Waals surface area contributed by atoms with Crippen LogP contribution in [-0.4, -0.2) is 44.2 Å². The van der Waals surface area contributed by atoms with E-state index in [-0.39, 0.29) is 23.9 Å². The first-order valence-corrected chi connectivity index (χ1v) is 9.86.